The normalized spacial score (nSPS) is 12.5. The standard InChI is InChI=1S/C22H25F2N3O3/c1-4-30-19(29)11-16(14-6-5-13(2)17(9-14)12-28)10-15-7-8-18-21(20(15)22(23)24)25-26-27(18)3/h5-9,16,22,28H,4,10-12H2,1-3H3. The van der Waals surface area contributed by atoms with Gasteiger partial charge in [-0.15, -0.1) is 5.10 Å². The van der Waals surface area contributed by atoms with Crippen LogP contribution >= 0.6 is 0 Å². The molecular formula is C22H25F2N3O3. The SMILES string of the molecule is CCOC(=O)CC(Cc1ccc2c(nnn2C)c1C(F)F)c1ccc(C)c(CO)c1. The molecule has 0 aliphatic heterocycles. The summed E-state index contributed by atoms with van der Waals surface area (Å²) in [6.45, 7) is 3.71. The van der Waals surface area contributed by atoms with Gasteiger partial charge in [0.05, 0.1) is 30.7 Å². The molecule has 8 heteroatoms. The third kappa shape index (κ3) is 4.48. The summed E-state index contributed by atoms with van der Waals surface area (Å²) in [5.74, 6) is -0.783. The van der Waals surface area contributed by atoms with Crippen LogP contribution < -0.4 is 0 Å². The molecule has 0 aliphatic rings. The largest absolute Gasteiger partial charge is 0.466 e. The summed E-state index contributed by atoms with van der Waals surface area (Å²) in [5.41, 5.74) is 3.39. The van der Waals surface area contributed by atoms with Crippen LogP contribution in [0.2, 0.25) is 0 Å². The van der Waals surface area contributed by atoms with Crippen LogP contribution in [0.15, 0.2) is 30.3 Å². The first-order valence-electron chi connectivity index (χ1n) is 9.80. The molecule has 2 aromatic carbocycles. The molecule has 0 saturated heterocycles. The zero-order valence-electron chi connectivity index (χ0n) is 17.2. The van der Waals surface area contributed by atoms with Crippen LogP contribution in [0.25, 0.3) is 11.0 Å². The van der Waals surface area contributed by atoms with Gasteiger partial charge in [0, 0.05) is 7.05 Å². The summed E-state index contributed by atoms with van der Waals surface area (Å²) in [7, 11) is 1.65. The molecule has 1 atom stereocenters. The van der Waals surface area contributed by atoms with Crippen molar-refractivity contribution in [3.8, 4) is 0 Å². The minimum absolute atomic E-state index is 0.0446. The number of carbonyl (C=O) groups is 1. The number of hydrogen-bond acceptors (Lipinski definition) is 5. The number of esters is 1. The van der Waals surface area contributed by atoms with Crippen LogP contribution in [0.5, 0.6) is 0 Å². The molecule has 30 heavy (non-hydrogen) atoms. The lowest BCUT2D eigenvalue weighted by molar-refractivity contribution is -0.143. The van der Waals surface area contributed by atoms with Crippen LogP contribution in [-0.4, -0.2) is 32.7 Å². The Morgan fingerprint density at radius 2 is 2.00 bits per heavy atom. The van der Waals surface area contributed by atoms with Crippen LogP contribution in [-0.2, 0) is 29.6 Å². The van der Waals surface area contributed by atoms with E-state index in [1.807, 2.05) is 25.1 Å². The first-order chi connectivity index (χ1) is 14.3. The first kappa shape index (κ1) is 21.8. The van der Waals surface area contributed by atoms with Gasteiger partial charge in [-0.3, -0.25) is 4.79 Å². The van der Waals surface area contributed by atoms with E-state index in [4.69, 9.17) is 4.74 Å². The molecule has 3 rings (SSSR count). The topological polar surface area (TPSA) is 77.2 Å². The highest BCUT2D eigenvalue weighted by Crippen LogP contribution is 2.34. The second-order valence-electron chi connectivity index (χ2n) is 7.27. The maximum Gasteiger partial charge on any atom is 0.306 e. The van der Waals surface area contributed by atoms with Crippen molar-refractivity contribution in [3.63, 3.8) is 0 Å². The van der Waals surface area contributed by atoms with Crippen LogP contribution in [0, 0.1) is 6.92 Å². The fraction of sp³-hybridized carbons (Fsp3) is 0.409. The average Bonchev–Trinajstić information content (AvgIpc) is 3.08. The number of fused-ring (bicyclic) bond motifs is 1. The number of rotatable bonds is 8. The van der Waals surface area contributed by atoms with E-state index in [0.717, 1.165) is 16.7 Å². The van der Waals surface area contributed by atoms with Crippen molar-refractivity contribution in [2.24, 2.45) is 7.05 Å². The smallest absolute Gasteiger partial charge is 0.306 e. The Bertz CT molecular complexity index is 1050. The van der Waals surface area contributed by atoms with Gasteiger partial charge in [0.1, 0.15) is 5.52 Å². The van der Waals surface area contributed by atoms with Crippen LogP contribution in [0.3, 0.4) is 0 Å². The third-order valence-corrected chi connectivity index (χ3v) is 5.33. The molecule has 0 radical (unpaired) electrons. The molecule has 6 nitrogen and oxygen atoms in total. The number of aliphatic hydroxyl groups is 1. The molecule has 0 spiro atoms. The molecule has 0 saturated carbocycles. The Morgan fingerprint density at radius 1 is 1.23 bits per heavy atom. The molecule has 1 unspecified atom stereocenters. The van der Waals surface area contributed by atoms with Gasteiger partial charge in [-0.1, -0.05) is 29.5 Å². The second kappa shape index (κ2) is 9.30. The summed E-state index contributed by atoms with van der Waals surface area (Å²) >= 11 is 0. The van der Waals surface area contributed by atoms with E-state index >= 15 is 0 Å². The summed E-state index contributed by atoms with van der Waals surface area (Å²) in [6.07, 6.45) is -2.48. The summed E-state index contributed by atoms with van der Waals surface area (Å²) in [5, 5.41) is 17.4. The Hall–Kier alpha value is -2.87. The van der Waals surface area contributed by atoms with Gasteiger partial charge in [0.2, 0.25) is 0 Å². The summed E-state index contributed by atoms with van der Waals surface area (Å²) in [6, 6.07) is 8.90. The fourth-order valence-electron chi connectivity index (χ4n) is 3.70. The van der Waals surface area contributed by atoms with Crippen LogP contribution in [0.4, 0.5) is 8.78 Å². The number of alkyl halides is 2. The molecule has 1 N–H and O–H groups in total. The second-order valence-corrected chi connectivity index (χ2v) is 7.27. The van der Waals surface area contributed by atoms with Crippen molar-refractivity contribution >= 4 is 17.0 Å². The zero-order valence-corrected chi connectivity index (χ0v) is 17.2. The molecular weight excluding hydrogens is 392 g/mol. The molecule has 0 aliphatic carbocycles. The Kier molecular flexibility index (Phi) is 6.77. The number of hydrogen-bond donors (Lipinski definition) is 1. The number of benzene rings is 2. The lowest BCUT2D eigenvalue weighted by atomic mass is 9.86. The van der Waals surface area contributed by atoms with Crippen molar-refractivity contribution in [2.75, 3.05) is 6.61 Å². The molecule has 160 valence electrons. The Morgan fingerprint density at radius 3 is 2.67 bits per heavy atom. The number of aliphatic hydroxyl groups excluding tert-OH is 1. The highest BCUT2D eigenvalue weighted by atomic mass is 19.3. The predicted molar refractivity (Wildman–Crippen MR) is 108 cm³/mol. The molecule has 3 aromatic rings. The zero-order chi connectivity index (χ0) is 21.8. The van der Waals surface area contributed by atoms with E-state index in [1.165, 1.54) is 4.68 Å². The number of halogens is 2. The minimum atomic E-state index is -2.73. The number of carbonyl (C=O) groups excluding carboxylic acids is 1. The Labute approximate surface area is 173 Å². The molecule has 1 heterocycles. The first-order valence-corrected chi connectivity index (χ1v) is 9.80. The van der Waals surface area contributed by atoms with Crippen molar-refractivity contribution in [1.82, 2.24) is 15.0 Å². The quantitative estimate of drug-likeness (QED) is 0.561. The lowest BCUT2D eigenvalue weighted by Gasteiger charge is -2.20. The third-order valence-electron chi connectivity index (χ3n) is 5.33. The Balaban J connectivity index is 2.05. The van der Waals surface area contributed by atoms with Crippen molar-refractivity contribution in [2.45, 2.75) is 45.6 Å². The maximum absolute atomic E-state index is 14.0. The maximum atomic E-state index is 14.0. The van der Waals surface area contributed by atoms with Crippen molar-refractivity contribution in [3.05, 3.63) is 58.1 Å². The molecule has 0 fully saturated rings. The van der Waals surface area contributed by atoms with Crippen molar-refractivity contribution < 1.29 is 23.4 Å². The molecule has 0 bridgehead atoms. The van der Waals surface area contributed by atoms with Gasteiger partial charge in [0.25, 0.3) is 6.43 Å². The van der Waals surface area contributed by atoms with Gasteiger partial charge in [-0.2, -0.15) is 0 Å². The van der Waals surface area contributed by atoms with E-state index in [9.17, 15) is 18.7 Å². The van der Waals surface area contributed by atoms with Gasteiger partial charge in [0.15, 0.2) is 0 Å². The van der Waals surface area contributed by atoms with Gasteiger partial charge >= 0.3 is 5.97 Å². The number of ether oxygens (including phenoxy) is 1. The number of nitrogens with zero attached hydrogens (tertiary/aromatic N) is 3. The number of aromatic nitrogens is 3. The fourth-order valence-corrected chi connectivity index (χ4v) is 3.70. The average molecular weight is 417 g/mol. The van der Waals surface area contributed by atoms with E-state index in [2.05, 4.69) is 10.3 Å². The number of aryl methyl sites for hydroxylation is 2. The molecule has 1 aromatic heterocycles. The summed E-state index contributed by atoms with van der Waals surface area (Å²) < 4.78 is 34.5. The lowest BCUT2D eigenvalue weighted by Crippen LogP contribution is -2.14. The van der Waals surface area contributed by atoms with Gasteiger partial charge in [-0.05, 0) is 54.5 Å². The van der Waals surface area contributed by atoms with Gasteiger partial charge in [-0.25, -0.2) is 13.5 Å². The highest BCUT2D eigenvalue weighted by Gasteiger charge is 2.25. The molecule has 0 amide bonds. The highest BCUT2D eigenvalue weighted by molar-refractivity contribution is 5.80. The van der Waals surface area contributed by atoms with E-state index < -0.39 is 12.4 Å². The monoisotopic (exact) mass is 417 g/mol. The van der Waals surface area contributed by atoms with E-state index in [-0.39, 0.29) is 43.1 Å². The predicted octanol–water partition coefficient (Wildman–Crippen LogP) is 3.99. The van der Waals surface area contributed by atoms with E-state index in [1.54, 1.807) is 26.1 Å². The van der Waals surface area contributed by atoms with E-state index in [0.29, 0.717) is 11.1 Å². The summed E-state index contributed by atoms with van der Waals surface area (Å²) in [4.78, 5) is 12.2. The van der Waals surface area contributed by atoms with Crippen molar-refractivity contribution in [1.29, 1.82) is 0 Å². The van der Waals surface area contributed by atoms with Gasteiger partial charge < -0.3 is 9.84 Å². The minimum Gasteiger partial charge on any atom is -0.466 e. The van der Waals surface area contributed by atoms with Crippen LogP contribution in [0.1, 0.15) is 53.5 Å².